The highest BCUT2D eigenvalue weighted by Gasteiger charge is 2.27. The number of hydrogen-bond acceptors (Lipinski definition) is 3. The molecule has 1 aliphatic heterocycles. The van der Waals surface area contributed by atoms with E-state index >= 15 is 0 Å². The van der Waals surface area contributed by atoms with Gasteiger partial charge in [0.1, 0.15) is 6.04 Å². The van der Waals surface area contributed by atoms with E-state index in [2.05, 4.69) is 12.1 Å². The Morgan fingerprint density at radius 3 is 2.58 bits per heavy atom. The lowest BCUT2D eigenvalue weighted by atomic mass is 9.99. The highest BCUT2D eigenvalue weighted by Crippen LogP contribution is 2.24. The summed E-state index contributed by atoms with van der Waals surface area (Å²) in [6.45, 7) is 3.15. The summed E-state index contributed by atoms with van der Waals surface area (Å²) in [5, 5.41) is 0.686. The second-order valence-electron chi connectivity index (χ2n) is 6.17. The molecule has 2 aromatic carbocycles. The summed E-state index contributed by atoms with van der Waals surface area (Å²) in [6, 6.07) is 15.3. The van der Waals surface area contributed by atoms with Crippen molar-refractivity contribution >= 4 is 27.5 Å². The minimum absolute atomic E-state index is 0.0122. The van der Waals surface area contributed by atoms with Crippen molar-refractivity contribution < 1.29 is 4.79 Å². The SMILES string of the molecule is CC(C(=O)N1CCc2ccccc2C1)n1sc2ccccc2c1=O. The monoisotopic (exact) mass is 338 g/mol. The highest BCUT2D eigenvalue weighted by molar-refractivity contribution is 7.14. The summed E-state index contributed by atoms with van der Waals surface area (Å²) in [7, 11) is 0. The van der Waals surface area contributed by atoms with Crippen molar-refractivity contribution in [2.24, 2.45) is 0 Å². The Morgan fingerprint density at radius 2 is 1.79 bits per heavy atom. The van der Waals surface area contributed by atoms with E-state index in [0.717, 1.165) is 11.1 Å². The third-order valence-corrected chi connectivity index (χ3v) is 5.90. The topological polar surface area (TPSA) is 42.3 Å². The largest absolute Gasteiger partial charge is 0.336 e. The van der Waals surface area contributed by atoms with E-state index in [4.69, 9.17) is 0 Å². The number of rotatable bonds is 2. The van der Waals surface area contributed by atoms with Gasteiger partial charge in [-0.25, -0.2) is 0 Å². The predicted octanol–water partition coefficient (Wildman–Crippen LogP) is 3.21. The van der Waals surface area contributed by atoms with Gasteiger partial charge in [-0.15, -0.1) is 0 Å². The van der Waals surface area contributed by atoms with E-state index in [1.165, 1.54) is 22.7 Å². The molecule has 0 spiro atoms. The Kier molecular flexibility index (Phi) is 3.73. The highest BCUT2D eigenvalue weighted by atomic mass is 32.1. The lowest BCUT2D eigenvalue weighted by Gasteiger charge is -2.30. The van der Waals surface area contributed by atoms with E-state index in [9.17, 15) is 9.59 Å². The van der Waals surface area contributed by atoms with Crippen molar-refractivity contribution in [1.82, 2.24) is 8.86 Å². The Bertz CT molecular complexity index is 973. The average Bonchev–Trinajstić information content (AvgIpc) is 2.97. The van der Waals surface area contributed by atoms with Crippen molar-refractivity contribution in [3.8, 4) is 0 Å². The van der Waals surface area contributed by atoms with E-state index in [0.29, 0.717) is 18.5 Å². The number of carbonyl (C=O) groups is 1. The number of benzene rings is 2. The molecule has 122 valence electrons. The van der Waals surface area contributed by atoms with Crippen molar-refractivity contribution in [3.63, 3.8) is 0 Å². The molecule has 0 aliphatic carbocycles. The molecule has 0 bridgehead atoms. The molecule has 0 saturated heterocycles. The van der Waals surface area contributed by atoms with Crippen LogP contribution in [0.4, 0.5) is 0 Å². The van der Waals surface area contributed by atoms with Gasteiger partial charge in [0.05, 0.1) is 10.1 Å². The van der Waals surface area contributed by atoms with Gasteiger partial charge in [-0.3, -0.25) is 13.5 Å². The van der Waals surface area contributed by atoms with Crippen molar-refractivity contribution in [3.05, 3.63) is 70.0 Å². The third-order valence-electron chi connectivity index (χ3n) is 4.67. The Hall–Kier alpha value is -2.40. The molecule has 2 heterocycles. The van der Waals surface area contributed by atoms with Crippen molar-refractivity contribution in [1.29, 1.82) is 0 Å². The van der Waals surface area contributed by atoms with Crippen molar-refractivity contribution in [2.45, 2.75) is 25.9 Å². The summed E-state index contributed by atoms with van der Waals surface area (Å²) in [5.74, 6) is 0.0122. The number of carbonyl (C=O) groups excluding carboxylic acids is 1. The lowest BCUT2D eigenvalue weighted by Crippen LogP contribution is -2.40. The Balaban J connectivity index is 1.62. The van der Waals surface area contributed by atoms with Crippen LogP contribution in [0, 0.1) is 0 Å². The molecule has 1 aliphatic rings. The van der Waals surface area contributed by atoms with Gasteiger partial charge in [0.15, 0.2) is 0 Å². The number of amides is 1. The van der Waals surface area contributed by atoms with Crippen LogP contribution in [0.3, 0.4) is 0 Å². The van der Waals surface area contributed by atoms with Gasteiger partial charge in [-0.1, -0.05) is 47.9 Å². The Labute approximate surface area is 144 Å². The molecule has 1 unspecified atom stereocenters. The van der Waals surface area contributed by atoms with Crippen LogP contribution < -0.4 is 5.56 Å². The number of aromatic nitrogens is 1. The molecule has 1 atom stereocenters. The lowest BCUT2D eigenvalue weighted by molar-refractivity contribution is -0.135. The predicted molar refractivity (Wildman–Crippen MR) is 96.4 cm³/mol. The minimum atomic E-state index is -0.472. The first-order valence-corrected chi connectivity index (χ1v) is 8.88. The molecule has 5 heteroatoms. The maximum Gasteiger partial charge on any atom is 0.269 e. The summed E-state index contributed by atoms with van der Waals surface area (Å²) in [6.07, 6.45) is 0.871. The molecular formula is C19H18N2O2S. The van der Waals surface area contributed by atoms with Crippen LogP contribution in [0.5, 0.6) is 0 Å². The van der Waals surface area contributed by atoms with Gasteiger partial charge in [-0.05, 0) is 36.6 Å². The molecule has 1 amide bonds. The number of hydrogen-bond donors (Lipinski definition) is 0. The first-order chi connectivity index (χ1) is 11.6. The fourth-order valence-corrected chi connectivity index (χ4v) is 4.33. The molecule has 0 radical (unpaired) electrons. The fraction of sp³-hybridized carbons (Fsp3) is 0.263. The summed E-state index contributed by atoms with van der Waals surface area (Å²) < 4.78 is 2.53. The average molecular weight is 338 g/mol. The molecular weight excluding hydrogens is 320 g/mol. The minimum Gasteiger partial charge on any atom is -0.336 e. The fourth-order valence-electron chi connectivity index (χ4n) is 3.29. The number of nitrogens with zero attached hydrogens (tertiary/aromatic N) is 2. The standard InChI is InChI=1S/C19H18N2O2S/c1-13(21-19(23)16-8-4-5-9-17(16)24-21)18(22)20-11-10-14-6-2-3-7-15(14)12-20/h2-9,13H,10-12H2,1H3. The summed E-state index contributed by atoms with van der Waals surface area (Å²) >= 11 is 1.37. The summed E-state index contributed by atoms with van der Waals surface area (Å²) in [5.41, 5.74) is 2.44. The van der Waals surface area contributed by atoms with Gasteiger partial charge in [0.25, 0.3) is 5.56 Å². The van der Waals surface area contributed by atoms with Crippen LogP contribution in [0.15, 0.2) is 53.3 Å². The van der Waals surface area contributed by atoms with Crippen LogP contribution >= 0.6 is 11.5 Å². The zero-order valence-electron chi connectivity index (χ0n) is 13.4. The first kappa shape index (κ1) is 15.1. The summed E-state index contributed by atoms with van der Waals surface area (Å²) in [4.78, 5) is 27.3. The zero-order chi connectivity index (χ0) is 16.7. The quantitative estimate of drug-likeness (QED) is 0.720. The van der Waals surface area contributed by atoms with Gasteiger partial charge < -0.3 is 4.90 Å². The van der Waals surface area contributed by atoms with Crippen LogP contribution in [-0.4, -0.2) is 21.3 Å². The third kappa shape index (κ3) is 2.45. The first-order valence-electron chi connectivity index (χ1n) is 8.11. The second kappa shape index (κ2) is 5.91. The van der Waals surface area contributed by atoms with Crippen LogP contribution in [0.1, 0.15) is 24.1 Å². The zero-order valence-corrected chi connectivity index (χ0v) is 14.3. The van der Waals surface area contributed by atoms with Gasteiger partial charge in [-0.2, -0.15) is 0 Å². The Morgan fingerprint density at radius 1 is 1.08 bits per heavy atom. The normalized spacial score (nSPS) is 15.3. The van der Waals surface area contributed by atoms with Gasteiger partial charge >= 0.3 is 0 Å². The molecule has 4 nitrogen and oxygen atoms in total. The molecule has 24 heavy (non-hydrogen) atoms. The maximum atomic E-state index is 12.9. The molecule has 0 fully saturated rings. The van der Waals surface area contributed by atoms with E-state index in [-0.39, 0.29) is 11.5 Å². The van der Waals surface area contributed by atoms with Crippen LogP contribution in [0.2, 0.25) is 0 Å². The molecule has 3 aromatic rings. The second-order valence-corrected chi connectivity index (χ2v) is 7.19. The van der Waals surface area contributed by atoms with E-state index < -0.39 is 6.04 Å². The molecule has 0 N–H and O–H groups in total. The number of fused-ring (bicyclic) bond motifs is 2. The van der Waals surface area contributed by atoms with E-state index in [1.807, 2.05) is 48.2 Å². The molecule has 1 aromatic heterocycles. The van der Waals surface area contributed by atoms with Gasteiger partial charge in [0.2, 0.25) is 5.91 Å². The smallest absolute Gasteiger partial charge is 0.269 e. The van der Waals surface area contributed by atoms with E-state index in [1.54, 1.807) is 3.96 Å². The van der Waals surface area contributed by atoms with Crippen LogP contribution in [0.25, 0.3) is 10.1 Å². The van der Waals surface area contributed by atoms with Crippen LogP contribution in [-0.2, 0) is 17.8 Å². The maximum absolute atomic E-state index is 12.9. The van der Waals surface area contributed by atoms with Crippen molar-refractivity contribution in [2.75, 3.05) is 6.54 Å². The molecule has 0 saturated carbocycles. The molecule has 4 rings (SSSR count). The van der Waals surface area contributed by atoms with Gasteiger partial charge in [0, 0.05) is 13.1 Å².